The number of hydrogen-bond acceptors (Lipinski definition) is 4. The Labute approximate surface area is 141 Å². The van der Waals surface area contributed by atoms with Gasteiger partial charge in [0.05, 0.1) is 15.9 Å². The third-order valence-corrected chi connectivity index (χ3v) is 5.72. The number of urea groups is 1. The van der Waals surface area contributed by atoms with Crippen LogP contribution < -0.4 is 5.32 Å². The number of carboxylic acids is 1. The van der Waals surface area contributed by atoms with Crippen LogP contribution in [0.4, 0.5) is 4.79 Å². The molecule has 1 aromatic heterocycles. The van der Waals surface area contributed by atoms with E-state index < -0.39 is 11.4 Å². The molecule has 1 atom stereocenters. The minimum absolute atomic E-state index is 0.108. The number of aromatic nitrogens is 2. The van der Waals surface area contributed by atoms with Gasteiger partial charge in [-0.05, 0) is 48.0 Å². The van der Waals surface area contributed by atoms with Crippen molar-refractivity contribution in [2.75, 3.05) is 6.54 Å². The molecule has 3 saturated carbocycles. The van der Waals surface area contributed by atoms with E-state index in [1.807, 2.05) is 0 Å². The zero-order valence-corrected chi connectivity index (χ0v) is 14.0. The summed E-state index contributed by atoms with van der Waals surface area (Å²) in [6, 6.07) is -0.235. The summed E-state index contributed by atoms with van der Waals surface area (Å²) in [7, 11) is 0. The molecule has 4 fully saturated rings. The Hall–Kier alpha value is -1.70. The van der Waals surface area contributed by atoms with E-state index in [9.17, 15) is 9.59 Å². The first kappa shape index (κ1) is 14.9. The molecule has 0 spiro atoms. The zero-order valence-electron chi connectivity index (χ0n) is 12.5. The number of nitrogens with zero attached hydrogens (tertiary/aromatic N) is 3. The molecule has 0 aromatic carbocycles. The van der Waals surface area contributed by atoms with Crippen LogP contribution in [0.2, 0.25) is 0 Å². The summed E-state index contributed by atoms with van der Waals surface area (Å²) in [5.74, 6) is -0.0867. The summed E-state index contributed by atoms with van der Waals surface area (Å²) < 4.78 is 0.808. The average Bonchev–Trinajstić information content (AvgIpc) is 2.90. The van der Waals surface area contributed by atoms with E-state index in [1.54, 1.807) is 17.3 Å². The summed E-state index contributed by atoms with van der Waals surface area (Å²) in [4.78, 5) is 34.1. The SMILES string of the molecule is O=C(NC12CC(C(=O)O)(C1)C2)N1CCCC1c1ncc(Br)cn1. The van der Waals surface area contributed by atoms with Crippen LogP contribution in [-0.4, -0.2) is 44.1 Å². The number of carboxylic acid groups (broad SMARTS) is 1. The third-order valence-electron chi connectivity index (χ3n) is 5.31. The molecule has 2 heterocycles. The van der Waals surface area contributed by atoms with E-state index in [0.29, 0.717) is 31.6 Å². The lowest BCUT2D eigenvalue weighted by molar-refractivity contribution is -0.196. The second-order valence-corrected chi connectivity index (χ2v) is 7.85. The molecule has 3 aliphatic carbocycles. The molecule has 1 saturated heterocycles. The van der Waals surface area contributed by atoms with Gasteiger partial charge in [-0.15, -0.1) is 0 Å². The van der Waals surface area contributed by atoms with E-state index in [2.05, 4.69) is 31.2 Å². The van der Waals surface area contributed by atoms with Crippen molar-refractivity contribution in [2.24, 2.45) is 5.41 Å². The number of halogens is 1. The van der Waals surface area contributed by atoms with E-state index in [1.165, 1.54) is 0 Å². The first-order valence-corrected chi connectivity index (χ1v) is 8.52. The van der Waals surface area contributed by atoms with Crippen molar-refractivity contribution in [1.29, 1.82) is 0 Å². The van der Waals surface area contributed by atoms with Crippen molar-refractivity contribution >= 4 is 27.9 Å². The van der Waals surface area contributed by atoms with Gasteiger partial charge in [0.2, 0.25) is 0 Å². The Morgan fingerprint density at radius 1 is 1.30 bits per heavy atom. The fourth-order valence-electron chi connectivity index (χ4n) is 4.22. The number of hydrogen-bond donors (Lipinski definition) is 2. The Kier molecular flexibility index (Phi) is 3.16. The van der Waals surface area contributed by atoms with Crippen molar-refractivity contribution in [3.63, 3.8) is 0 Å². The molecule has 7 nitrogen and oxygen atoms in total. The molecular weight excluding hydrogens is 364 g/mol. The fourth-order valence-corrected chi connectivity index (χ4v) is 4.42. The lowest BCUT2D eigenvalue weighted by atomic mass is 9.39. The maximum Gasteiger partial charge on any atom is 0.318 e. The lowest BCUT2D eigenvalue weighted by Crippen LogP contribution is -2.77. The van der Waals surface area contributed by atoms with Gasteiger partial charge in [-0.1, -0.05) is 0 Å². The normalized spacial score (nSPS) is 34.5. The molecule has 2 amide bonds. The predicted octanol–water partition coefficient (Wildman–Crippen LogP) is 2.09. The maximum absolute atomic E-state index is 12.6. The first-order chi connectivity index (χ1) is 10.9. The number of aliphatic carboxylic acids is 1. The van der Waals surface area contributed by atoms with Gasteiger partial charge in [-0.25, -0.2) is 14.8 Å². The molecule has 0 radical (unpaired) electrons. The lowest BCUT2D eigenvalue weighted by Gasteiger charge is -2.68. The summed E-state index contributed by atoms with van der Waals surface area (Å²) in [6.07, 6.45) is 6.80. The Morgan fingerprint density at radius 3 is 2.57 bits per heavy atom. The number of carbonyl (C=O) groups excluding carboxylic acids is 1. The number of amides is 2. The Morgan fingerprint density at radius 2 is 1.96 bits per heavy atom. The molecule has 23 heavy (non-hydrogen) atoms. The topological polar surface area (TPSA) is 95.4 Å². The third kappa shape index (κ3) is 2.22. The molecule has 1 aliphatic heterocycles. The Balaban J connectivity index is 1.42. The van der Waals surface area contributed by atoms with E-state index in [0.717, 1.165) is 17.3 Å². The van der Waals surface area contributed by atoms with Crippen LogP contribution in [0.1, 0.15) is 44.0 Å². The van der Waals surface area contributed by atoms with Crippen molar-refractivity contribution in [1.82, 2.24) is 20.2 Å². The van der Waals surface area contributed by atoms with Gasteiger partial charge in [0, 0.05) is 24.5 Å². The van der Waals surface area contributed by atoms with Crippen LogP contribution in [0.25, 0.3) is 0 Å². The highest BCUT2D eigenvalue weighted by molar-refractivity contribution is 9.10. The van der Waals surface area contributed by atoms with Crippen LogP contribution in [0.15, 0.2) is 16.9 Å². The van der Waals surface area contributed by atoms with Crippen LogP contribution in [0, 0.1) is 5.41 Å². The molecule has 2 bridgehead atoms. The molecule has 1 aromatic rings. The molecule has 122 valence electrons. The number of nitrogens with one attached hydrogen (secondary N) is 1. The van der Waals surface area contributed by atoms with Gasteiger partial charge < -0.3 is 15.3 Å². The summed E-state index contributed by atoms with van der Waals surface area (Å²) >= 11 is 3.31. The fraction of sp³-hybridized carbons (Fsp3) is 0.600. The molecule has 4 aliphatic rings. The molecule has 1 unspecified atom stereocenters. The average molecular weight is 381 g/mol. The van der Waals surface area contributed by atoms with E-state index >= 15 is 0 Å². The largest absolute Gasteiger partial charge is 0.481 e. The van der Waals surface area contributed by atoms with Crippen LogP contribution in [0.3, 0.4) is 0 Å². The van der Waals surface area contributed by atoms with Crippen molar-refractivity contribution in [3.8, 4) is 0 Å². The number of likely N-dealkylation sites (tertiary alicyclic amines) is 1. The monoisotopic (exact) mass is 380 g/mol. The second kappa shape index (κ2) is 4.90. The second-order valence-electron chi connectivity index (χ2n) is 6.94. The summed E-state index contributed by atoms with van der Waals surface area (Å²) in [5, 5.41) is 12.2. The van der Waals surface area contributed by atoms with E-state index in [-0.39, 0.29) is 17.6 Å². The molecular formula is C15H17BrN4O3. The zero-order chi connectivity index (χ0) is 16.2. The predicted molar refractivity (Wildman–Crippen MR) is 83.6 cm³/mol. The van der Waals surface area contributed by atoms with Gasteiger partial charge in [-0.3, -0.25) is 4.79 Å². The standard InChI is InChI=1S/C15H17BrN4O3/c16-9-4-17-11(18-5-9)10-2-1-3-20(10)13(23)19-15-6-14(7-15,8-15)12(21)22/h4-5,10H,1-3,6-8H2,(H,19,23)(H,21,22). The molecule has 5 rings (SSSR count). The quantitative estimate of drug-likeness (QED) is 0.836. The van der Waals surface area contributed by atoms with Gasteiger partial charge in [0.1, 0.15) is 0 Å². The highest BCUT2D eigenvalue weighted by atomic mass is 79.9. The van der Waals surface area contributed by atoms with Crippen molar-refractivity contribution in [3.05, 3.63) is 22.7 Å². The van der Waals surface area contributed by atoms with Crippen molar-refractivity contribution in [2.45, 2.75) is 43.7 Å². The maximum atomic E-state index is 12.6. The molecule has 8 heteroatoms. The van der Waals surface area contributed by atoms with Crippen LogP contribution >= 0.6 is 15.9 Å². The number of rotatable bonds is 3. The van der Waals surface area contributed by atoms with Crippen LogP contribution in [-0.2, 0) is 4.79 Å². The van der Waals surface area contributed by atoms with Gasteiger partial charge in [0.25, 0.3) is 0 Å². The molecule has 2 N–H and O–H groups in total. The van der Waals surface area contributed by atoms with Crippen LogP contribution in [0.5, 0.6) is 0 Å². The Bertz CT molecular complexity index is 658. The smallest absolute Gasteiger partial charge is 0.318 e. The minimum atomic E-state index is -0.740. The van der Waals surface area contributed by atoms with E-state index in [4.69, 9.17) is 5.11 Å². The minimum Gasteiger partial charge on any atom is -0.481 e. The van der Waals surface area contributed by atoms with Crippen molar-refractivity contribution < 1.29 is 14.7 Å². The van der Waals surface area contributed by atoms with Gasteiger partial charge >= 0.3 is 12.0 Å². The highest BCUT2D eigenvalue weighted by Crippen LogP contribution is 2.67. The summed E-state index contributed by atoms with van der Waals surface area (Å²) in [5.41, 5.74) is -0.879. The van der Waals surface area contributed by atoms with Gasteiger partial charge in [0.15, 0.2) is 5.82 Å². The highest BCUT2D eigenvalue weighted by Gasteiger charge is 2.72. The first-order valence-electron chi connectivity index (χ1n) is 7.73. The van der Waals surface area contributed by atoms with Gasteiger partial charge in [-0.2, -0.15) is 0 Å². The summed E-state index contributed by atoms with van der Waals surface area (Å²) in [6.45, 7) is 0.677. The number of carbonyl (C=O) groups is 2.